The zero-order chi connectivity index (χ0) is 13.9. The van der Waals surface area contributed by atoms with Gasteiger partial charge in [0.05, 0.1) is 0 Å². The van der Waals surface area contributed by atoms with Crippen molar-refractivity contribution in [2.45, 2.75) is 6.30 Å². The third-order valence-electron chi connectivity index (χ3n) is 2.54. The van der Waals surface area contributed by atoms with Crippen LogP contribution in [0.15, 0.2) is 59.6 Å². The van der Waals surface area contributed by atoms with Crippen LogP contribution in [-0.2, 0) is 0 Å². The number of hydrogen-bond donors (Lipinski definition) is 1. The molecule has 0 amide bonds. The molecule has 2 rings (SSSR count). The Labute approximate surface area is 108 Å². The predicted molar refractivity (Wildman–Crippen MR) is 68.7 cm³/mol. The molecule has 0 saturated heterocycles. The Balaban J connectivity index is 2.52. The fourth-order valence-corrected chi connectivity index (χ4v) is 1.77. The van der Waals surface area contributed by atoms with Gasteiger partial charge >= 0.3 is 6.30 Å². The van der Waals surface area contributed by atoms with Crippen LogP contribution >= 0.6 is 0 Å². The number of alkyl halides is 3. The van der Waals surface area contributed by atoms with E-state index in [-0.39, 0.29) is 5.56 Å². The Morgan fingerprint density at radius 1 is 0.895 bits per heavy atom. The van der Waals surface area contributed by atoms with Gasteiger partial charge in [0.15, 0.2) is 0 Å². The predicted octanol–water partition coefficient (Wildman–Crippen LogP) is 3.58. The fourth-order valence-electron chi connectivity index (χ4n) is 1.77. The number of benzene rings is 2. The van der Waals surface area contributed by atoms with E-state index in [1.807, 2.05) is 18.2 Å². The lowest BCUT2D eigenvalue weighted by molar-refractivity contribution is -0.119. The number of hydrogen-bond acceptors (Lipinski definition) is 1. The molecule has 0 aliphatic heterocycles. The summed E-state index contributed by atoms with van der Waals surface area (Å²) < 4.78 is 36.8. The molecular formula is C14H11F3N2. The first-order chi connectivity index (χ1) is 8.97. The number of aliphatic imine (C=N–C) groups is 1. The molecule has 0 heterocycles. The molecule has 98 valence electrons. The second-order valence-electron chi connectivity index (χ2n) is 3.88. The van der Waals surface area contributed by atoms with E-state index in [4.69, 9.17) is 5.73 Å². The number of nitrogens with two attached hydrogens (primary N) is 1. The normalized spacial score (nSPS) is 12.5. The molecule has 0 aromatic heterocycles. The van der Waals surface area contributed by atoms with Gasteiger partial charge in [-0.2, -0.15) is 4.99 Å². The topological polar surface area (TPSA) is 38.4 Å². The van der Waals surface area contributed by atoms with Crippen LogP contribution in [0.5, 0.6) is 0 Å². The molecule has 0 fully saturated rings. The summed E-state index contributed by atoms with van der Waals surface area (Å²) >= 11 is 0. The summed E-state index contributed by atoms with van der Waals surface area (Å²) in [6, 6.07) is 15.7. The molecule has 0 aliphatic carbocycles. The lowest BCUT2D eigenvalue weighted by atomic mass is 9.99. The number of rotatable bonds is 2. The molecule has 19 heavy (non-hydrogen) atoms. The van der Waals surface area contributed by atoms with Crippen LogP contribution in [0.3, 0.4) is 0 Å². The van der Waals surface area contributed by atoms with Gasteiger partial charge in [-0.15, -0.1) is 13.2 Å². The van der Waals surface area contributed by atoms with Crippen molar-refractivity contribution in [3.63, 3.8) is 0 Å². The van der Waals surface area contributed by atoms with Gasteiger partial charge in [-0.1, -0.05) is 54.6 Å². The van der Waals surface area contributed by atoms with Gasteiger partial charge < -0.3 is 5.73 Å². The van der Waals surface area contributed by atoms with E-state index >= 15 is 0 Å². The van der Waals surface area contributed by atoms with Crippen molar-refractivity contribution in [3.8, 4) is 11.1 Å². The minimum absolute atomic E-state index is 0.269. The van der Waals surface area contributed by atoms with Gasteiger partial charge in [0.1, 0.15) is 5.84 Å². The van der Waals surface area contributed by atoms with Crippen LogP contribution in [0.2, 0.25) is 0 Å². The molecule has 0 unspecified atom stereocenters. The van der Waals surface area contributed by atoms with Crippen molar-refractivity contribution in [1.82, 2.24) is 0 Å². The van der Waals surface area contributed by atoms with E-state index in [1.165, 1.54) is 6.07 Å². The molecule has 2 aromatic rings. The summed E-state index contributed by atoms with van der Waals surface area (Å²) in [5.74, 6) is -0.535. The lowest BCUT2D eigenvalue weighted by Gasteiger charge is -2.10. The number of nitrogens with zero attached hydrogens (tertiary/aromatic N) is 1. The Morgan fingerprint density at radius 3 is 2.11 bits per heavy atom. The van der Waals surface area contributed by atoms with Gasteiger partial charge in [0, 0.05) is 5.56 Å². The molecule has 0 radical (unpaired) electrons. The van der Waals surface area contributed by atoms with E-state index < -0.39 is 12.1 Å². The van der Waals surface area contributed by atoms with Crippen LogP contribution < -0.4 is 5.73 Å². The van der Waals surface area contributed by atoms with E-state index in [1.54, 1.807) is 30.3 Å². The highest BCUT2D eigenvalue weighted by molar-refractivity contribution is 6.03. The summed E-state index contributed by atoms with van der Waals surface area (Å²) in [6.45, 7) is 0. The van der Waals surface area contributed by atoms with Crippen LogP contribution in [0.1, 0.15) is 5.56 Å². The van der Waals surface area contributed by atoms with E-state index in [9.17, 15) is 13.2 Å². The summed E-state index contributed by atoms with van der Waals surface area (Å²) in [7, 11) is 0. The minimum atomic E-state index is -4.67. The maximum atomic E-state index is 12.3. The van der Waals surface area contributed by atoms with Crippen LogP contribution in [0.4, 0.5) is 13.2 Å². The van der Waals surface area contributed by atoms with Gasteiger partial charge in [-0.25, -0.2) is 0 Å². The Bertz CT molecular complexity index is 589. The second-order valence-corrected chi connectivity index (χ2v) is 3.88. The van der Waals surface area contributed by atoms with Crippen molar-refractivity contribution in [2.24, 2.45) is 10.7 Å². The molecule has 2 aromatic carbocycles. The summed E-state index contributed by atoms with van der Waals surface area (Å²) in [4.78, 5) is 2.56. The van der Waals surface area contributed by atoms with E-state index in [0.717, 1.165) is 5.56 Å². The fraction of sp³-hybridized carbons (Fsp3) is 0.0714. The van der Waals surface area contributed by atoms with Gasteiger partial charge in [-0.05, 0) is 11.1 Å². The standard InChI is InChI=1S/C14H11F3N2/c15-14(16,17)19-13(18)12-9-5-4-8-11(12)10-6-2-1-3-7-10/h1-9H,(H2,18,19). The maximum Gasteiger partial charge on any atom is 0.505 e. The molecule has 0 atom stereocenters. The van der Waals surface area contributed by atoms with Gasteiger partial charge in [0.25, 0.3) is 0 Å². The Kier molecular flexibility index (Phi) is 3.55. The monoisotopic (exact) mass is 264 g/mol. The maximum absolute atomic E-state index is 12.3. The zero-order valence-electron chi connectivity index (χ0n) is 9.85. The van der Waals surface area contributed by atoms with Crippen molar-refractivity contribution in [2.75, 3.05) is 0 Å². The largest absolute Gasteiger partial charge is 0.505 e. The third-order valence-corrected chi connectivity index (χ3v) is 2.54. The molecule has 2 nitrogen and oxygen atoms in total. The van der Waals surface area contributed by atoms with Crippen LogP contribution in [-0.4, -0.2) is 12.1 Å². The second kappa shape index (κ2) is 5.14. The van der Waals surface area contributed by atoms with Gasteiger partial charge in [0.2, 0.25) is 0 Å². The molecule has 2 N–H and O–H groups in total. The summed E-state index contributed by atoms with van der Waals surface area (Å²) in [5.41, 5.74) is 7.13. The highest BCUT2D eigenvalue weighted by atomic mass is 19.4. The van der Waals surface area contributed by atoms with Gasteiger partial charge in [-0.3, -0.25) is 0 Å². The van der Waals surface area contributed by atoms with E-state index in [0.29, 0.717) is 5.56 Å². The Hall–Kier alpha value is -2.30. The minimum Gasteiger partial charge on any atom is -0.383 e. The van der Waals surface area contributed by atoms with Crippen molar-refractivity contribution in [1.29, 1.82) is 0 Å². The smallest absolute Gasteiger partial charge is 0.383 e. The molecule has 5 heteroatoms. The highest BCUT2D eigenvalue weighted by Gasteiger charge is 2.27. The lowest BCUT2D eigenvalue weighted by Crippen LogP contribution is -2.19. The van der Waals surface area contributed by atoms with Crippen LogP contribution in [0.25, 0.3) is 11.1 Å². The average molecular weight is 264 g/mol. The highest BCUT2D eigenvalue weighted by Crippen LogP contribution is 2.25. The van der Waals surface area contributed by atoms with Crippen molar-refractivity contribution < 1.29 is 13.2 Å². The summed E-state index contributed by atoms with van der Waals surface area (Å²) in [5, 5.41) is 0. The summed E-state index contributed by atoms with van der Waals surface area (Å²) in [6.07, 6.45) is -4.67. The van der Waals surface area contributed by atoms with Crippen molar-refractivity contribution in [3.05, 3.63) is 60.2 Å². The Morgan fingerprint density at radius 2 is 1.47 bits per heavy atom. The van der Waals surface area contributed by atoms with E-state index in [2.05, 4.69) is 4.99 Å². The molecule has 0 saturated carbocycles. The quantitative estimate of drug-likeness (QED) is 0.502. The average Bonchev–Trinajstić information content (AvgIpc) is 2.38. The molecular weight excluding hydrogens is 253 g/mol. The zero-order valence-corrected chi connectivity index (χ0v) is 9.85. The molecule has 0 spiro atoms. The first-order valence-corrected chi connectivity index (χ1v) is 5.54. The SMILES string of the molecule is NC(=NC(F)(F)F)c1ccccc1-c1ccccc1. The van der Waals surface area contributed by atoms with Crippen LogP contribution in [0, 0.1) is 0 Å². The number of halogens is 3. The first-order valence-electron chi connectivity index (χ1n) is 5.54. The molecule has 0 bridgehead atoms. The molecule has 0 aliphatic rings. The van der Waals surface area contributed by atoms with Crippen molar-refractivity contribution >= 4 is 5.84 Å². The number of amidine groups is 1. The third kappa shape index (κ3) is 3.34. The first kappa shape index (κ1) is 13.1.